The number of benzene rings is 1. The molecule has 1 rings (SSSR count). The minimum Gasteiger partial charge on any atom is -0.479 e. The van der Waals surface area contributed by atoms with Crippen molar-refractivity contribution >= 4 is 5.97 Å². The summed E-state index contributed by atoms with van der Waals surface area (Å²) >= 11 is 0. The zero-order valence-corrected chi connectivity index (χ0v) is 11.7. The number of halogens is 1. The lowest BCUT2D eigenvalue weighted by molar-refractivity contribution is -0.162. The van der Waals surface area contributed by atoms with Crippen LogP contribution in [0.25, 0.3) is 0 Å². The molecule has 19 heavy (non-hydrogen) atoms. The second-order valence-corrected chi connectivity index (χ2v) is 5.25. The van der Waals surface area contributed by atoms with Gasteiger partial charge in [-0.25, -0.2) is 9.18 Å². The molecule has 106 valence electrons. The Balaban J connectivity index is 2.69. The second-order valence-electron chi connectivity index (χ2n) is 5.25. The maximum absolute atomic E-state index is 13.5. The third-order valence-electron chi connectivity index (χ3n) is 2.30. The van der Waals surface area contributed by atoms with Crippen molar-refractivity contribution in [3.63, 3.8) is 0 Å². The van der Waals surface area contributed by atoms with Gasteiger partial charge in [0.2, 0.25) is 0 Å². The molecule has 0 aliphatic heterocycles. The number of hydrogen-bond donors (Lipinski definition) is 1. The Labute approximate surface area is 112 Å². The first-order chi connectivity index (χ1) is 8.73. The summed E-state index contributed by atoms with van der Waals surface area (Å²) in [5.74, 6) is -0.666. The fraction of sp³-hybridized carbons (Fsp3) is 0.500. The lowest BCUT2D eigenvalue weighted by atomic mass is 10.2. The zero-order valence-electron chi connectivity index (χ0n) is 11.7. The molecule has 0 aliphatic rings. The van der Waals surface area contributed by atoms with Crippen LogP contribution < -0.4 is 10.5 Å². The van der Waals surface area contributed by atoms with E-state index in [1.54, 1.807) is 33.8 Å². The molecule has 5 heteroatoms. The Morgan fingerprint density at radius 3 is 2.53 bits per heavy atom. The summed E-state index contributed by atoms with van der Waals surface area (Å²) in [5, 5.41) is 0. The SMILES string of the molecule is C[C@@H](Oc1ccc(CN)c(F)c1)C(=O)OC(C)(C)C. The molecule has 0 spiro atoms. The molecule has 2 N–H and O–H groups in total. The van der Waals surface area contributed by atoms with Gasteiger partial charge in [-0.05, 0) is 33.8 Å². The first-order valence-electron chi connectivity index (χ1n) is 6.11. The highest BCUT2D eigenvalue weighted by Gasteiger charge is 2.23. The van der Waals surface area contributed by atoms with Crippen molar-refractivity contribution in [1.29, 1.82) is 0 Å². The van der Waals surface area contributed by atoms with Crippen LogP contribution in [-0.2, 0) is 16.1 Å². The molecule has 1 atom stereocenters. The maximum Gasteiger partial charge on any atom is 0.347 e. The third-order valence-corrected chi connectivity index (χ3v) is 2.30. The molecular weight excluding hydrogens is 249 g/mol. The van der Waals surface area contributed by atoms with Crippen LogP contribution in [0.4, 0.5) is 4.39 Å². The first-order valence-corrected chi connectivity index (χ1v) is 6.11. The number of ether oxygens (including phenoxy) is 2. The van der Waals surface area contributed by atoms with Gasteiger partial charge >= 0.3 is 5.97 Å². The molecule has 1 aromatic carbocycles. The van der Waals surface area contributed by atoms with Crippen molar-refractivity contribution in [2.24, 2.45) is 5.73 Å². The molecule has 0 radical (unpaired) electrons. The number of esters is 1. The van der Waals surface area contributed by atoms with Crippen molar-refractivity contribution < 1.29 is 18.7 Å². The molecule has 0 aromatic heterocycles. The van der Waals surface area contributed by atoms with E-state index in [0.29, 0.717) is 5.56 Å². The second kappa shape index (κ2) is 6.02. The van der Waals surface area contributed by atoms with Gasteiger partial charge in [0.1, 0.15) is 17.2 Å². The van der Waals surface area contributed by atoms with E-state index in [9.17, 15) is 9.18 Å². The van der Waals surface area contributed by atoms with Crippen molar-refractivity contribution in [1.82, 2.24) is 0 Å². The maximum atomic E-state index is 13.5. The number of nitrogens with two attached hydrogens (primary N) is 1. The van der Waals surface area contributed by atoms with Crippen LogP contribution in [0.5, 0.6) is 5.75 Å². The normalized spacial score (nSPS) is 12.9. The molecule has 0 aliphatic carbocycles. The molecule has 0 heterocycles. The van der Waals surface area contributed by atoms with Gasteiger partial charge in [-0.2, -0.15) is 0 Å². The smallest absolute Gasteiger partial charge is 0.347 e. The highest BCUT2D eigenvalue weighted by atomic mass is 19.1. The Morgan fingerprint density at radius 1 is 1.42 bits per heavy atom. The molecule has 0 fully saturated rings. The average Bonchev–Trinajstić information content (AvgIpc) is 2.27. The first kappa shape index (κ1) is 15.4. The fourth-order valence-corrected chi connectivity index (χ4v) is 1.40. The van der Waals surface area contributed by atoms with E-state index < -0.39 is 23.5 Å². The van der Waals surface area contributed by atoms with Gasteiger partial charge in [0.25, 0.3) is 0 Å². The molecule has 0 saturated carbocycles. The number of rotatable bonds is 4. The highest BCUT2D eigenvalue weighted by molar-refractivity contribution is 5.75. The Kier molecular flexibility index (Phi) is 4.89. The summed E-state index contributed by atoms with van der Waals surface area (Å²) in [4.78, 5) is 11.7. The van der Waals surface area contributed by atoms with Gasteiger partial charge in [0.15, 0.2) is 6.10 Å². The van der Waals surface area contributed by atoms with Crippen LogP contribution in [0.3, 0.4) is 0 Å². The lowest BCUT2D eigenvalue weighted by Crippen LogP contribution is -2.33. The van der Waals surface area contributed by atoms with Gasteiger partial charge < -0.3 is 15.2 Å². The van der Waals surface area contributed by atoms with Crippen molar-refractivity contribution in [2.45, 2.75) is 45.9 Å². The molecule has 0 saturated heterocycles. The van der Waals surface area contributed by atoms with E-state index in [4.69, 9.17) is 15.2 Å². The van der Waals surface area contributed by atoms with E-state index >= 15 is 0 Å². The topological polar surface area (TPSA) is 61.5 Å². The summed E-state index contributed by atoms with van der Waals surface area (Å²) in [6.45, 7) is 6.99. The molecule has 4 nitrogen and oxygen atoms in total. The van der Waals surface area contributed by atoms with Gasteiger partial charge in [-0.15, -0.1) is 0 Å². The average molecular weight is 269 g/mol. The summed E-state index contributed by atoms with van der Waals surface area (Å²) in [7, 11) is 0. The van der Waals surface area contributed by atoms with Crippen LogP contribution in [0.2, 0.25) is 0 Å². The molecule has 1 aromatic rings. The van der Waals surface area contributed by atoms with E-state index in [2.05, 4.69) is 0 Å². The van der Waals surface area contributed by atoms with Crippen LogP contribution >= 0.6 is 0 Å². The van der Waals surface area contributed by atoms with Crippen molar-refractivity contribution in [3.8, 4) is 5.75 Å². The van der Waals surface area contributed by atoms with E-state index in [1.807, 2.05) is 0 Å². The molecule has 0 unspecified atom stereocenters. The predicted octanol–water partition coefficient (Wildman–Crippen LogP) is 2.39. The minimum atomic E-state index is -0.803. The summed E-state index contributed by atoms with van der Waals surface area (Å²) in [6, 6.07) is 4.32. The lowest BCUT2D eigenvalue weighted by Gasteiger charge is -2.22. The Bertz CT molecular complexity index is 454. The highest BCUT2D eigenvalue weighted by Crippen LogP contribution is 2.18. The van der Waals surface area contributed by atoms with Crippen LogP contribution in [0.1, 0.15) is 33.3 Å². The number of carbonyl (C=O) groups excluding carboxylic acids is 1. The summed E-state index contributed by atoms with van der Waals surface area (Å²) < 4.78 is 24.0. The number of carbonyl (C=O) groups is 1. The van der Waals surface area contributed by atoms with Gasteiger partial charge in [0.05, 0.1) is 0 Å². The van der Waals surface area contributed by atoms with Crippen molar-refractivity contribution in [2.75, 3.05) is 0 Å². The molecule has 0 bridgehead atoms. The van der Waals surface area contributed by atoms with Crippen LogP contribution in [0.15, 0.2) is 18.2 Å². The summed E-state index contributed by atoms with van der Waals surface area (Å²) in [6.07, 6.45) is -0.803. The van der Waals surface area contributed by atoms with E-state index in [1.165, 1.54) is 12.1 Å². The fourth-order valence-electron chi connectivity index (χ4n) is 1.40. The largest absolute Gasteiger partial charge is 0.479 e. The van der Waals surface area contributed by atoms with Gasteiger partial charge in [0, 0.05) is 18.2 Å². The number of hydrogen-bond acceptors (Lipinski definition) is 4. The van der Waals surface area contributed by atoms with Crippen LogP contribution in [-0.4, -0.2) is 17.7 Å². The predicted molar refractivity (Wildman–Crippen MR) is 70.2 cm³/mol. The monoisotopic (exact) mass is 269 g/mol. The molecular formula is C14H20FNO3. The Morgan fingerprint density at radius 2 is 2.05 bits per heavy atom. The standard InChI is InChI=1S/C14H20FNO3/c1-9(13(17)19-14(2,3)4)18-11-6-5-10(8-16)12(15)7-11/h5-7,9H,8,16H2,1-4H3/t9-/m1/s1. The van der Waals surface area contributed by atoms with Gasteiger partial charge in [-0.1, -0.05) is 6.07 Å². The quantitative estimate of drug-likeness (QED) is 0.853. The van der Waals surface area contributed by atoms with Gasteiger partial charge in [-0.3, -0.25) is 0 Å². The zero-order chi connectivity index (χ0) is 14.6. The van der Waals surface area contributed by atoms with E-state index in [-0.39, 0.29) is 12.3 Å². The van der Waals surface area contributed by atoms with Crippen molar-refractivity contribution in [3.05, 3.63) is 29.6 Å². The van der Waals surface area contributed by atoms with E-state index in [0.717, 1.165) is 0 Å². The molecule has 0 amide bonds. The third kappa shape index (κ3) is 4.87. The summed E-state index contributed by atoms with van der Waals surface area (Å²) in [5.41, 5.74) is 5.18. The minimum absolute atomic E-state index is 0.119. The van der Waals surface area contributed by atoms with Crippen LogP contribution in [0, 0.1) is 5.82 Å². The Hall–Kier alpha value is -1.62.